The van der Waals surface area contributed by atoms with E-state index >= 15 is 0 Å². The molecule has 0 radical (unpaired) electrons. The van der Waals surface area contributed by atoms with Crippen molar-refractivity contribution in [3.05, 3.63) is 29.8 Å². The van der Waals surface area contributed by atoms with E-state index in [0.717, 1.165) is 4.78 Å². The van der Waals surface area contributed by atoms with Gasteiger partial charge in [-0.25, -0.2) is 5.09 Å². The molecule has 12 nitrogen and oxygen atoms in total. The molecule has 0 aromatic heterocycles. The Morgan fingerprint density at radius 3 is 2.46 bits per heavy atom. The third-order valence-electron chi connectivity index (χ3n) is 4.77. The van der Waals surface area contributed by atoms with Gasteiger partial charge in [0.25, 0.3) is 7.44 Å². The van der Waals surface area contributed by atoms with Crippen molar-refractivity contribution in [3.8, 4) is 12.1 Å². The number of amides is 1. The lowest BCUT2D eigenvalue weighted by Crippen LogP contribution is -2.43. The molecule has 0 bridgehead atoms. The molecule has 1 aromatic carbocycles. The highest BCUT2D eigenvalue weighted by Gasteiger charge is 2.41. The van der Waals surface area contributed by atoms with E-state index in [-0.39, 0.29) is 30.5 Å². The zero-order valence-electron chi connectivity index (χ0n) is 20.2. The van der Waals surface area contributed by atoms with Crippen LogP contribution in [0.4, 0.5) is 5.69 Å². The highest BCUT2D eigenvalue weighted by molar-refractivity contribution is 7.60. The molecule has 0 spiro atoms. The van der Waals surface area contributed by atoms with Gasteiger partial charge in [0.05, 0.1) is 17.5 Å². The molecule has 186 valence electrons. The maximum absolute atomic E-state index is 13.8. The smallest absolute Gasteiger partial charge is 0.323 e. The highest BCUT2D eigenvalue weighted by Crippen LogP contribution is 2.48. The van der Waals surface area contributed by atoms with Crippen molar-refractivity contribution in [1.29, 1.82) is 10.5 Å². The average Bonchev–Trinajstić information content (AvgIpc) is 2.80. The molecule has 0 saturated heterocycles. The summed E-state index contributed by atoms with van der Waals surface area (Å²) in [5, 5.41) is 28.3. The molecule has 1 aromatic rings. The summed E-state index contributed by atoms with van der Waals surface area (Å²) in [4.78, 5) is 25.1. The van der Waals surface area contributed by atoms with Crippen molar-refractivity contribution in [2.45, 2.75) is 46.3 Å². The number of hydrogen-bond acceptors (Lipinski definition) is 10. The number of anilines is 1. The van der Waals surface area contributed by atoms with E-state index in [1.165, 1.54) is 14.0 Å². The van der Waals surface area contributed by atoms with Crippen molar-refractivity contribution in [2.75, 3.05) is 18.9 Å². The third-order valence-corrected chi connectivity index (χ3v) is 7.10. The second-order valence-electron chi connectivity index (χ2n) is 8.10. The quantitative estimate of drug-likeness (QED) is 0.212. The Balaban J connectivity index is 2.35. The van der Waals surface area contributed by atoms with E-state index in [1.54, 1.807) is 50.3 Å². The number of esters is 1. The van der Waals surface area contributed by atoms with E-state index in [4.69, 9.17) is 20.0 Å². The number of rotatable bonds is 10. The standard InChI is InChI=1S/C22H28N7O5P/c1-14(2)34-22(31)16(4)28-35(32,13-33-5)29-20(30)10-15(3)21(27-29)17-6-8-18(9-7-17)25-26-19(11-23)12-24/h6-9,14-16,25H,10,13H2,1-5H3,(H,28,32)/t15-,16?,35?/m1/s1. The van der Waals surface area contributed by atoms with Gasteiger partial charge in [0, 0.05) is 19.4 Å². The maximum atomic E-state index is 13.8. The lowest BCUT2D eigenvalue weighted by atomic mass is 9.94. The molecule has 0 fully saturated rings. The molecule has 1 heterocycles. The number of nitrogens with zero attached hydrogens (tertiary/aromatic N) is 5. The van der Waals surface area contributed by atoms with Gasteiger partial charge in [0.1, 0.15) is 24.5 Å². The zero-order chi connectivity index (χ0) is 26.2. The van der Waals surface area contributed by atoms with Gasteiger partial charge in [0.15, 0.2) is 0 Å². The molecule has 2 rings (SSSR count). The number of carbonyl (C=O) groups excluding carboxylic acids is 2. The monoisotopic (exact) mass is 501 g/mol. The molecule has 1 amide bonds. The Kier molecular flexibility index (Phi) is 9.67. The van der Waals surface area contributed by atoms with Crippen molar-refractivity contribution < 1.29 is 23.6 Å². The second kappa shape index (κ2) is 12.2. The fraction of sp³-hybridized carbons (Fsp3) is 0.455. The number of nitrogens with one attached hydrogen (secondary N) is 2. The SMILES string of the molecule is COCP(=O)(NC(C)C(=O)OC(C)C)N1N=C(c2ccc(NN=C(C#N)C#N)cc2)[C@H](C)CC1=O. The van der Waals surface area contributed by atoms with Crippen LogP contribution in [0, 0.1) is 28.6 Å². The van der Waals surface area contributed by atoms with Crippen molar-refractivity contribution in [1.82, 2.24) is 9.87 Å². The van der Waals surface area contributed by atoms with E-state index < -0.39 is 25.4 Å². The van der Waals surface area contributed by atoms with Crippen molar-refractivity contribution in [2.24, 2.45) is 16.1 Å². The molecule has 0 saturated carbocycles. The number of ether oxygens (including phenoxy) is 2. The fourth-order valence-corrected chi connectivity index (χ4v) is 5.25. The summed E-state index contributed by atoms with van der Waals surface area (Å²) in [5.74, 6) is -1.34. The number of hydrazone groups is 2. The Hall–Kier alpha value is -3.57. The Morgan fingerprint density at radius 2 is 1.91 bits per heavy atom. The lowest BCUT2D eigenvalue weighted by Gasteiger charge is -2.34. The second-order valence-corrected chi connectivity index (χ2v) is 10.4. The Morgan fingerprint density at radius 1 is 1.29 bits per heavy atom. The molecule has 0 aliphatic carbocycles. The summed E-state index contributed by atoms with van der Waals surface area (Å²) in [5.41, 5.74) is 4.01. The van der Waals surface area contributed by atoms with Crippen LogP contribution in [0.25, 0.3) is 0 Å². The molecular formula is C22H28N7O5P. The van der Waals surface area contributed by atoms with Gasteiger partial charge in [-0.15, -0.1) is 0 Å². The minimum absolute atomic E-state index is 0.0526. The first-order chi connectivity index (χ1) is 16.5. The molecule has 35 heavy (non-hydrogen) atoms. The normalized spacial score (nSPS) is 17.9. The minimum Gasteiger partial charge on any atom is -0.462 e. The molecule has 2 N–H and O–H groups in total. The molecule has 1 aliphatic heterocycles. The first-order valence-electron chi connectivity index (χ1n) is 10.8. The largest absolute Gasteiger partial charge is 0.462 e. The van der Waals surface area contributed by atoms with Crippen molar-refractivity contribution in [3.63, 3.8) is 0 Å². The minimum atomic E-state index is -3.80. The van der Waals surface area contributed by atoms with Crippen LogP contribution >= 0.6 is 7.44 Å². The van der Waals surface area contributed by atoms with Crippen LogP contribution in [0.2, 0.25) is 0 Å². The average molecular weight is 501 g/mol. The van der Waals surface area contributed by atoms with Gasteiger partial charge >= 0.3 is 5.97 Å². The van der Waals surface area contributed by atoms with E-state index in [1.807, 2.05) is 6.92 Å². The molecule has 1 aliphatic rings. The lowest BCUT2D eigenvalue weighted by molar-refractivity contribution is -0.149. The van der Waals surface area contributed by atoms with Crippen LogP contribution in [-0.2, 0) is 23.6 Å². The van der Waals surface area contributed by atoms with Gasteiger partial charge < -0.3 is 9.47 Å². The summed E-state index contributed by atoms with van der Waals surface area (Å²) in [6.45, 7) is 6.72. The summed E-state index contributed by atoms with van der Waals surface area (Å²) in [6, 6.07) is 9.10. The topological polar surface area (TPSA) is 169 Å². The molecular weight excluding hydrogens is 473 g/mol. The number of carbonyl (C=O) groups is 2. The third kappa shape index (κ3) is 7.20. The molecule has 3 atom stereocenters. The van der Waals surface area contributed by atoms with Crippen LogP contribution in [0.3, 0.4) is 0 Å². The highest BCUT2D eigenvalue weighted by atomic mass is 31.2. The van der Waals surface area contributed by atoms with Gasteiger partial charge in [0.2, 0.25) is 11.6 Å². The summed E-state index contributed by atoms with van der Waals surface area (Å²) >= 11 is 0. The predicted molar refractivity (Wildman–Crippen MR) is 129 cm³/mol. The van der Waals surface area contributed by atoms with Crippen LogP contribution in [0.5, 0.6) is 0 Å². The molecule has 13 heteroatoms. The number of nitriles is 2. The Labute approximate surface area is 204 Å². The van der Waals surface area contributed by atoms with Crippen molar-refractivity contribution >= 4 is 36.4 Å². The summed E-state index contributed by atoms with van der Waals surface area (Å²) < 4.78 is 25.0. The number of benzene rings is 1. The van der Waals surface area contributed by atoms with Gasteiger partial charge in [-0.05, 0) is 38.5 Å². The maximum Gasteiger partial charge on any atom is 0.323 e. The van der Waals surface area contributed by atoms with E-state index in [2.05, 4.69) is 20.7 Å². The number of methoxy groups -OCH3 is 1. The number of hydrogen-bond donors (Lipinski definition) is 2. The summed E-state index contributed by atoms with van der Waals surface area (Å²) in [7, 11) is -2.46. The van der Waals surface area contributed by atoms with Crippen LogP contribution in [0.1, 0.15) is 39.7 Å². The van der Waals surface area contributed by atoms with E-state index in [9.17, 15) is 14.2 Å². The Bertz CT molecular complexity index is 1120. The van der Waals surface area contributed by atoms with Crippen LogP contribution in [0.15, 0.2) is 34.5 Å². The van der Waals surface area contributed by atoms with Crippen LogP contribution in [-0.4, -0.2) is 53.7 Å². The first kappa shape index (κ1) is 27.7. The van der Waals surface area contributed by atoms with Gasteiger partial charge in [-0.3, -0.25) is 19.6 Å². The zero-order valence-corrected chi connectivity index (χ0v) is 21.1. The first-order valence-corrected chi connectivity index (χ1v) is 12.6. The van der Waals surface area contributed by atoms with Gasteiger partial charge in [-0.2, -0.15) is 25.5 Å². The van der Waals surface area contributed by atoms with Crippen LogP contribution < -0.4 is 10.5 Å². The fourth-order valence-electron chi connectivity index (χ4n) is 3.21. The summed E-state index contributed by atoms with van der Waals surface area (Å²) in [6.07, 6.45) is -0.661. The predicted octanol–water partition coefficient (Wildman–Crippen LogP) is 2.80. The molecule has 2 unspecified atom stereocenters. The van der Waals surface area contributed by atoms with E-state index in [0.29, 0.717) is 17.0 Å². The van der Waals surface area contributed by atoms with Gasteiger partial charge in [-0.1, -0.05) is 19.1 Å².